The number of nitrogens with zero attached hydrogens (tertiary/aromatic N) is 3. The number of H-pyrrole nitrogens is 1. The molecule has 0 amide bonds. The van der Waals surface area contributed by atoms with E-state index in [1.165, 1.54) is 0 Å². The summed E-state index contributed by atoms with van der Waals surface area (Å²) in [5.41, 5.74) is 4.15. The molecule has 0 aliphatic rings. The fourth-order valence-corrected chi connectivity index (χ4v) is 1.48. The summed E-state index contributed by atoms with van der Waals surface area (Å²) in [6.45, 7) is 3.98. The predicted octanol–water partition coefficient (Wildman–Crippen LogP) is 1.43. The van der Waals surface area contributed by atoms with Crippen LogP contribution in [0.3, 0.4) is 0 Å². The van der Waals surface area contributed by atoms with E-state index in [2.05, 4.69) is 15.3 Å². The fourth-order valence-electron chi connectivity index (χ4n) is 1.48. The van der Waals surface area contributed by atoms with Gasteiger partial charge in [0.2, 0.25) is 0 Å². The average molecular weight is 176 g/mol. The zero-order valence-electron chi connectivity index (χ0n) is 8.00. The third kappa shape index (κ3) is 1.24. The maximum absolute atomic E-state index is 4.33. The second kappa shape index (κ2) is 2.73. The Hall–Kier alpha value is -1.58. The van der Waals surface area contributed by atoms with Gasteiger partial charge in [-0.05, 0) is 19.9 Å². The molecule has 2 rings (SSSR count). The van der Waals surface area contributed by atoms with Gasteiger partial charge in [0.1, 0.15) is 0 Å². The lowest BCUT2D eigenvalue weighted by molar-refractivity contribution is 0.770. The summed E-state index contributed by atoms with van der Waals surface area (Å²) in [7, 11) is 1.91. The van der Waals surface area contributed by atoms with E-state index in [0.29, 0.717) is 0 Å². The quantitative estimate of drug-likeness (QED) is 0.714. The second-order valence-corrected chi connectivity index (χ2v) is 3.18. The highest BCUT2D eigenvalue weighted by Crippen LogP contribution is 2.22. The van der Waals surface area contributed by atoms with Crippen molar-refractivity contribution in [3.05, 3.63) is 23.7 Å². The van der Waals surface area contributed by atoms with Crippen LogP contribution < -0.4 is 0 Å². The molecule has 0 atom stereocenters. The maximum atomic E-state index is 4.33. The summed E-state index contributed by atoms with van der Waals surface area (Å²) < 4.78 is 1.79. The monoisotopic (exact) mass is 176 g/mol. The zero-order chi connectivity index (χ0) is 9.42. The minimum atomic E-state index is 0.978. The molecule has 2 aromatic heterocycles. The molecule has 1 N–H and O–H groups in total. The van der Waals surface area contributed by atoms with Crippen LogP contribution in [0.5, 0.6) is 0 Å². The zero-order valence-corrected chi connectivity index (χ0v) is 8.00. The van der Waals surface area contributed by atoms with Crippen LogP contribution in [0.1, 0.15) is 11.4 Å². The molecule has 0 bridgehead atoms. The smallest absolute Gasteiger partial charge is 0.0959 e. The standard InChI is InChI=1S/C9H12N4/c1-6-9(7(2)11-10-6)8-4-5-13(3)12-8/h4-5H,1-3H3,(H,10,11). The molecule has 68 valence electrons. The maximum Gasteiger partial charge on any atom is 0.0959 e. The van der Waals surface area contributed by atoms with Crippen molar-refractivity contribution in [1.29, 1.82) is 0 Å². The molecule has 0 saturated carbocycles. The van der Waals surface area contributed by atoms with Gasteiger partial charge in [0.05, 0.1) is 11.4 Å². The van der Waals surface area contributed by atoms with Crippen molar-refractivity contribution in [2.24, 2.45) is 7.05 Å². The van der Waals surface area contributed by atoms with Crippen LogP contribution in [0.25, 0.3) is 11.3 Å². The summed E-state index contributed by atoms with van der Waals surface area (Å²) in [6, 6.07) is 1.99. The van der Waals surface area contributed by atoms with Gasteiger partial charge in [0.15, 0.2) is 0 Å². The Morgan fingerprint density at radius 3 is 2.62 bits per heavy atom. The molecular weight excluding hydrogens is 164 g/mol. The minimum absolute atomic E-state index is 0.978. The molecule has 0 saturated heterocycles. The molecule has 0 aromatic carbocycles. The Morgan fingerprint density at radius 2 is 2.15 bits per heavy atom. The van der Waals surface area contributed by atoms with Crippen LogP contribution in [0.15, 0.2) is 12.3 Å². The first-order chi connectivity index (χ1) is 6.18. The van der Waals surface area contributed by atoms with Gasteiger partial charge in [-0.3, -0.25) is 9.78 Å². The number of aromatic nitrogens is 4. The van der Waals surface area contributed by atoms with Gasteiger partial charge in [-0.2, -0.15) is 10.2 Å². The van der Waals surface area contributed by atoms with E-state index in [-0.39, 0.29) is 0 Å². The topological polar surface area (TPSA) is 46.5 Å². The largest absolute Gasteiger partial charge is 0.282 e. The summed E-state index contributed by atoms with van der Waals surface area (Å²) in [5, 5.41) is 11.4. The number of nitrogens with one attached hydrogen (secondary N) is 1. The van der Waals surface area contributed by atoms with Crippen LogP contribution in [0.2, 0.25) is 0 Å². The third-order valence-corrected chi connectivity index (χ3v) is 2.10. The number of hydrogen-bond acceptors (Lipinski definition) is 2. The van der Waals surface area contributed by atoms with E-state index in [1.807, 2.05) is 33.2 Å². The van der Waals surface area contributed by atoms with Crippen LogP contribution in [-0.2, 0) is 7.05 Å². The van der Waals surface area contributed by atoms with E-state index < -0.39 is 0 Å². The highest BCUT2D eigenvalue weighted by molar-refractivity contribution is 5.63. The van der Waals surface area contributed by atoms with Crippen molar-refractivity contribution >= 4 is 0 Å². The molecule has 0 unspecified atom stereocenters. The normalized spacial score (nSPS) is 10.7. The summed E-state index contributed by atoms with van der Waals surface area (Å²) in [4.78, 5) is 0. The van der Waals surface area contributed by atoms with Crippen LogP contribution in [0.4, 0.5) is 0 Å². The Labute approximate surface area is 76.6 Å². The molecule has 4 heteroatoms. The summed E-state index contributed by atoms with van der Waals surface area (Å²) >= 11 is 0. The minimum Gasteiger partial charge on any atom is -0.282 e. The van der Waals surface area contributed by atoms with Gasteiger partial charge in [-0.15, -0.1) is 0 Å². The van der Waals surface area contributed by atoms with Crippen molar-refractivity contribution in [1.82, 2.24) is 20.0 Å². The van der Waals surface area contributed by atoms with Crippen LogP contribution >= 0.6 is 0 Å². The van der Waals surface area contributed by atoms with Gasteiger partial charge in [0, 0.05) is 24.5 Å². The van der Waals surface area contributed by atoms with Crippen molar-refractivity contribution in [2.75, 3.05) is 0 Å². The molecule has 2 heterocycles. The lowest BCUT2D eigenvalue weighted by Gasteiger charge is -1.94. The second-order valence-electron chi connectivity index (χ2n) is 3.18. The molecule has 0 aliphatic carbocycles. The molecule has 4 nitrogen and oxygen atoms in total. The molecule has 0 aliphatic heterocycles. The molecule has 0 spiro atoms. The van der Waals surface area contributed by atoms with E-state index in [4.69, 9.17) is 0 Å². The number of hydrogen-bond donors (Lipinski definition) is 1. The van der Waals surface area contributed by atoms with Crippen molar-refractivity contribution in [3.63, 3.8) is 0 Å². The Bertz CT molecular complexity index is 405. The van der Waals surface area contributed by atoms with Gasteiger partial charge >= 0.3 is 0 Å². The molecule has 13 heavy (non-hydrogen) atoms. The molecule has 2 aromatic rings. The Morgan fingerprint density at radius 1 is 1.38 bits per heavy atom. The van der Waals surface area contributed by atoms with Gasteiger partial charge in [-0.25, -0.2) is 0 Å². The first kappa shape index (κ1) is 8.04. The van der Waals surface area contributed by atoms with Gasteiger partial charge in [0.25, 0.3) is 0 Å². The summed E-state index contributed by atoms with van der Waals surface area (Å²) in [5.74, 6) is 0. The van der Waals surface area contributed by atoms with Crippen LogP contribution in [0, 0.1) is 13.8 Å². The van der Waals surface area contributed by atoms with Gasteiger partial charge < -0.3 is 0 Å². The first-order valence-electron chi connectivity index (χ1n) is 4.20. The predicted molar refractivity (Wildman–Crippen MR) is 50.3 cm³/mol. The van der Waals surface area contributed by atoms with Crippen LogP contribution in [-0.4, -0.2) is 20.0 Å². The van der Waals surface area contributed by atoms with Gasteiger partial charge in [-0.1, -0.05) is 0 Å². The van der Waals surface area contributed by atoms with Crippen molar-refractivity contribution in [2.45, 2.75) is 13.8 Å². The molecule has 0 radical (unpaired) electrons. The highest BCUT2D eigenvalue weighted by atomic mass is 15.3. The number of aromatic amines is 1. The number of rotatable bonds is 1. The Balaban J connectivity index is 2.57. The van der Waals surface area contributed by atoms with E-state index >= 15 is 0 Å². The molecular formula is C9H12N4. The van der Waals surface area contributed by atoms with E-state index in [1.54, 1.807) is 4.68 Å². The fraction of sp³-hybridized carbons (Fsp3) is 0.333. The SMILES string of the molecule is Cc1n[nH]c(C)c1-c1ccn(C)n1. The van der Waals surface area contributed by atoms with E-state index in [9.17, 15) is 0 Å². The first-order valence-corrected chi connectivity index (χ1v) is 4.20. The lowest BCUT2D eigenvalue weighted by atomic mass is 10.1. The van der Waals surface area contributed by atoms with E-state index in [0.717, 1.165) is 22.6 Å². The highest BCUT2D eigenvalue weighted by Gasteiger charge is 2.10. The molecule has 0 fully saturated rings. The lowest BCUT2D eigenvalue weighted by Crippen LogP contribution is -1.89. The van der Waals surface area contributed by atoms with Crippen molar-refractivity contribution in [3.8, 4) is 11.3 Å². The average Bonchev–Trinajstić information content (AvgIpc) is 2.60. The third-order valence-electron chi connectivity index (χ3n) is 2.10. The van der Waals surface area contributed by atoms with Crippen molar-refractivity contribution < 1.29 is 0 Å². The summed E-state index contributed by atoms with van der Waals surface area (Å²) in [6.07, 6.45) is 1.93. The Kier molecular flexibility index (Phi) is 1.69. The number of aryl methyl sites for hydroxylation is 3.